The van der Waals surface area contributed by atoms with Crippen LogP contribution in [0.2, 0.25) is 0 Å². The van der Waals surface area contributed by atoms with Gasteiger partial charge in [-0.05, 0) is 25.0 Å². The highest BCUT2D eigenvalue weighted by molar-refractivity contribution is 7.99. The number of rotatable bonds is 9. The Morgan fingerprint density at radius 2 is 2.05 bits per heavy atom. The first-order valence-corrected chi connectivity index (χ1v) is 8.99. The lowest BCUT2D eigenvalue weighted by Crippen LogP contribution is -2.36. The molecular weight excluding hydrogens is 258 g/mol. The highest BCUT2D eigenvalue weighted by Crippen LogP contribution is 2.29. The summed E-state index contributed by atoms with van der Waals surface area (Å²) in [6.45, 7) is 6.48. The summed E-state index contributed by atoms with van der Waals surface area (Å²) in [6, 6.07) is 0. The predicted molar refractivity (Wildman–Crippen MR) is 83.8 cm³/mol. The van der Waals surface area contributed by atoms with E-state index in [1.807, 2.05) is 11.8 Å². The van der Waals surface area contributed by atoms with Crippen molar-refractivity contribution < 1.29 is 9.84 Å². The average Bonchev–Trinajstić information content (AvgIpc) is 2.45. The Kier molecular flexibility index (Phi) is 9.12. The van der Waals surface area contributed by atoms with E-state index in [1.54, 1.807) is 0 Å². The zero-order chi connectivity index (χ0) is 14.1. The maximum absolute atomic E-state index is 9.93. The Morgan fingerprint density at radius 1 is 1.32 bits per heavy atom. The van der Waals surface area contributed by atoms with Gasteiger partial charge in [-0.2, -0.15) is 11.8 Å². The molecule has 1 rings (SSSR count). The summed E-state index contributed by atoms with van der Waals surface area (Å²) >= 11 is 1.84. The second-order valence-electron chi connectivity index (χ2n) is 5.68. The van der Waals surface area contributed by atoms with Crippen LogP contribution in [-0.4, -0.2) is 48.5 Å². The van der Waals surface area contributed by atoms with Crippen LogP contribution in [0.25, 0.3) is 0 Å². The van der Waals surface area contributed by atoms with Crippen LogP contribution in [0.1, 0.15) is 46.0 Å². The van der Waals surface area contributed by atoms with Crippen LogP contribution in [0.4, 0.5) is 0 Å². The van der Waals surface area contributed by atoms with Gasteiger partial charge in [0.1, 0.15) is 0 Å². The number of hydrogen-bond acceptors (Lipinski definition) is 4. The van der Waals surface area contributed by atoms with Crippen molar-refractivity contribution in [2.24, 2.45) is 5.92 Å². The molecule has 19 heavy (non-hydrogen) atoms. The SMILES string of the molecule is CCC1CCCCC1OCC(O)CNCC(C)SC. The Hall–Kier alpha value is 0.230. The number of aliphatic hydroxyl groups is 1. The van der Waals surface area contributed by atoms with E-state index in [2.05, 4.69) is 25.4 Å². The molecule has 0 spiro atoms. The number of thioether (sulfide) groups is 1. The molecule has 0 aromatic carbocycles. The topological polar surface area (TPSA) is 41.5 Å². The molecule has 1 aliphatic rings. The van der Waals surface area contributed by atoms with Gasteiger partial charge in [-0.3, -0.25) is 0 Å². The van der Waals surface area contributed by atoms with E-state index in [9.17, 15) is 5.11 Å². The predicted octanol–water partition coefficient (Wildman–Crippen LogP) is 2.67. The van der Waals surface area contributed by atoms with Crippen LogP contribution in [0.3, 0.4) is 0 Å². The minimum absolute atomic E-state index is 0.374. The number of ether oxygens (including phenoxy) is 1. The lowest BCUT2D eigenvalue weighted by Gasteiger charge is -2.31. The number of aliphatic hydroxyl groups excluding tert-OH is 1. The molecule has 4 atom stereocenters. The van der Waals surface area contributed by atoms with Crippen LogP contribution in [0, 0.1) is 5.92 Å². The van der Waals surface area contributed by atoms with Gasteiger partial charge >= 0.3 is 0 Å². The van der Waals surface area contributed by atoms with Crippen LogP contribution in [0.5, 0.6) is 0 Å². The molecule has 0 radical (unpaired) electrons. The molecule has 0 aromatic heterocycles. The van der Waals surface area contributed by atoms with E-state index in [4.69, 9.17) is 4.74 Å². The molecule has 3 nitrogen and oxygen atoms in total. The van der Waals surface area contributed by atoms with Crippen molar-refractivity contribution in [1.82, 2.24) is 5.32 Å². The van der Waals surface area contributed by atoms with Crippen molar-refractivity contribution in [2.75, 3.05) is 26.0 Å². The average molecular weight is 289 g/mol. The third kappa shape index (κ3) is 6.98. The molecule has 1 aliphatic carbocycles. The minimum atomic E-state index is -0.381. The van der Waals surface area contributed by atoms with Gasteiger partial charge in [0, 0.05) is 18.3 Å². The van der Waals surface area contributed by atoms with Crippen LogP contribution >= 0.6 is 11.8 Å². The molecule has 1 saturated carbocycles. The second-order valence-corrected chi connectivity index (χ2v) is 6.96. The molecule has 2 N–H and O–H groups in total. The normalized spacial score (nSPS) is 27.2. The van der Waals surface area contributed by atoms with Crippen LogP contribution in [-0.2, 0) is 4.74 Å². The number of nitrogens with one attached hydrogen (secondary N) is 1. The maximum atomic E-state index is 9.93. The summed E-state index contributed by atoms with van der Waals surface area (Å²) in [5.74, 6) is 0.699. The standard InChI is InChI=1S/C15H31NO2S/c1-4-13-7-5-6-8-15(13)18-11-14(17)10-16-9-12(2)19-3/h12-17H,4-11H2,1-3H3. The van der Waals surface area contributed by atoms with Crippen molar-refractivity contribution in [3.05, 3.63) is 0 Å². The zero-order valence-corrected chi connectivity index (χ0v) is 13.5. The summed E-state index contributed by atoms with van der Waals surface area (Å²) in [5, 5.41) is 13.8. The van der Waals surface area contributed by atoms with Gasteiger partial charge in [0.25, 0.3) is 0 Å². The monoisotopic (exact) mass is 289 g/mol. The summed E-state index contributed by atoms with van der Waals surface area (Å²) in [4.78, 5) is 0. The maximum Gasteiger partial charge on any atom is 0.0897 e. The van der Waals surface area contributed by atoms with Crippen molar-refractivity contribution in [2.45, 2.75) is 63.4 Å². The molecule has 114 valence electrons. The van der Waals surface area contributed by atoms with Crippen molar-refractivity contribution in [3.63, 3.8) is 0 Å². The number of hydrogen-bond donors (Lipinski definition) is 2. The van der Waals surface area contributed by atoms with Gasteiger partial charge in [-0.15, -0.1) is 0 Å². The Labute approximate surface area is 122 Å². The van der Waals surface area contributed by atoms with E-state index in [0.717, 1.165) is 6.54 Å². The van der Waals surface area contributed by atoms with Gasteiger partial charge in [0.15, 0.2) is 0 Å². The molecule has 0 aromatic rings. The molecule has 0 bridgehead atoms. The lowest BCUT2D eigenvalue weighted by molar-refractivity contribution is -0.0498. The van der Waals surface area contributed by atoms with E-state index >= 15 is 0 Å². The molecule has 0 amide bonds. The first-order valence-electron chi connectivity index (χ1n) is 7.70. The molecule has 0 heterocycles. The van der Waals surface area contributed by atoms with E-state index in [1.165, 1.54) is 32.1 Å². The fourth-order valence-corrected chi connectivity index (χ4v) is 2.97. The van der Waals surface area contributed by atoms with Crippen molar-refractivity contribution in [3.8, 4) is 0 Å². The van der Waals surface area contributed by atoms with Gasteiger partial charge in [0.05, 0.1) is 18.8 Å². The Balaban J connectivity index is 2.12. The minimum Gasteiger partial charge on any atom is -0.389 e. The molecule has 4 unspecified atom stereocenters. The van der Waals surface area contributed by atoms with Gasteiger partial charge in [0.2, 0.25) is 0 Å². The third-order valence-corrected chi connectivity index (χ3v) is 5.05. The highest BCUT2D eigenvalue weighted by atomic mass is 32.2. The molecular formula is C15H31NO2S. The first kappa shape index (κ1) is 17.3. The Morgan fingerprint density at radius 3 is 2.74 bits per heavy atom. The zero-order valence-electron chi connectivity index (χ0n) is 12.7. The quantitative estimate of drug-likeness (QED) is 0.685. The highest BCUT2D eigenvalue weighted by Gasteiger charge is 2.24. The van der Waals surface area contributed by atoms with E-state index in [0.29, 0.717) is 30.4 Å². The van der Waals surface area contributed by atoms with E-state index in [-0.39, 0.29) is 6.10 Å². The summed E-state index contributed by atoms with van der Waals surface area (Å²) in [5.41, 5.74) is 0. The molecule has 0 aliphatic heterocycles. The third-order valence-electron chi connectivity index (χ3n) is 4.08. The lowest BCUT2D eigenvalue weighted by atomic mass is 9.85. The van der Waals surface area contributed by atoms with Crippen LogP contribution < -0.4 is 5.32 Å². The van der Waals surface area contributed by atoms with E-state index < -0.39 is 0 Å². The van der Waals surface area contributed by atoms with Gasteiger partial charge in [-0.25, -0.2) is 0 Å². The van der Waals surface area contributed by atoms with Gasteiger partial charge in [-0.1, -0.05) is 33.1 Å². The largest absolute Gasteiger partial charge is 0.389 e. The fraction of sp³-hybridized carbons (Fsp3) is 1.00. The summed E-state index contributed by atoms with van der Waals surface area (Å²) in [6.07, 6.45) is 8.38. The van der Waals surface area contributed by atoms with Crippen LogP contribution in [0.15, 0.2) is 0 Å². The first-order chi connectivity index (χ1) is 9.17. The second kappa shape index (κ2) is 10.0. The van der Waals surface area contributed by atoms with Crippen molar-refractivity contribution >= 4 is 11.8 Å². The molecule has 0 saturated heterocycles. The Bertz CT molecular complexity index is 228. The fourth-order valence-electron chi connectivity index (χ4n) is 2.69. The smallest absolute Gasteiger partial charge is 0.0897 e. The summed E-state index contributed by atoms with van der Waals surface area (Å²) < 4.78 is 5.94. The summed E-state index contributed by atoms with van der Waals surface area (Å²) in [7, 11) is 0. The van der Waals surface area contributed by atoms with Crippen molar-refractivity contribution in [1.29, 1.82) is 0 Å². The molecule has 1 fully saturated rings. The van der Waals surface area contributed by atoms with Gasteiger partial charge < -0.3 is 15.2 Å². The molecule has 4 heteroatoms.